The Bertz CT molecular complexity index is 539. The number of halogens is 1. The second-order valence-corrected chi connectivity index (χ2v) is 3.71. The molecule has 0 aliphatic carbocycles. The van der Waals surface area contributed by atoms with Gasteiger partial charge < -0.3 is 10.1 Å². The van der Waals surface area contributed by atoms with Crippen molar-refractivity contribution in [3.63, 3.8) is 0 Å². The molecule has 0 amide bonds. The summed E-state index contributed by atoms with van der Waals surface area (Å²) in [6, 6.07) is 12.3. The van der Waals surface area contributed by atoms with Gasteiger partial charge in [-0.1, -0.05) is 18.2 Å². The molecule has 2 aromatic rings. The maximum absolute atomic E-state index is 13.1. The molecule has 1 aliphatic heterocycles. The third kappa shape index (κ3) is 1.50. The average molecular weight is 215 g/mol. The van der Waals surface area contributed by atoms with Crippen molar-refractivity contribution in [2.75, 3.05) is 5.32 Å². The first-order chi connectivity index (χ1) is 7.83. The highest BCUT2D eigenvalue weighted by Crippen LogP contribution is 2.33. The van der Waals surface area contributed by atoms with Crippen molar-refractivity contribution in [1.82, 2.24) is 0 Å². The summed E-state index contributed by atoms with van der Waals surface area (Å²) in [6.07, 6.45) is 0. The normalized spacial score (nSPS) is 12.8. The molecule has 0 atom stereocenters. The molecule has 0 radical (unpaired) electrons. The Morgan fingerprint density at radius 3 is 2.88 bits per heavy atom. The summed E-state index contributed by atoms with van der Waals surface area (Å²) in [7, 11) is 0. The van der Waals surface area contributed by atoms with Gasteiger partial charge in [-0.15, -0.1) is 0 Å². The van der Waals surface area contributed by atoms with Crippen molar-refractivity contribution in [3.05, 3.63) is 53.8 Å². The van der Waals surface area contributed by atoms with Crippen LogP contribution in [0.1, 0.15) is 5.56 Å². The summed E-state index contributed by atoms with van der Waals surface area (Å²) < 4.78 is 18.7. The fraction of sp³-hybridized carbons (Fsp3) is 0.0769. The highest BCUT2D eigenvalue weighted by molar-refractivity contribution is 5.69. The zero-order valence-electron chi connectivity index (χ0n) is 8.53. The van der Waals surface area contributed by atoms with E-state index in [0.29, 0.717) is 18.0 Å². The van der Waals surface area contributed by atoms with Gasteiger partial charge in [-0.05, 0) is 18.2 Å². The molecule has 16 heavy (non-hydrogen) atoms. The first-order valence-electron chi connectivity index (χ1n) is 5.10. The molecule has 0 aromatic heterocycles. The van der Waals surface area contributed by atoms with Crippen LogP contribution in [0.4, 0.5) is 15.8 Å². The van der Waals surface area contributed by atoms with E-state index in [2.05, 4.69) is 5.32 Å². The van der Waals surface area contributed by atoms with E-state index in [0.717, 1.165) is 11.3 Å². The summed E-state index contributed by atoms with van der Waals surface area (Å²) in [5.74, 6) is 0.409. The maximum Gasteiger partial charge on any atom is 0.143 e. The van der Waals surface area contributed by atoms with Crippen molar-refractivity contribution < 1.29 is 9.13 Å². The molecule has 0 fully saturated rings. The third-order valence-corrected chi connectivity index (χ3v) is 2.61. The van der Waals surface area contributed by atoms with Crippen LogP contribution in [-0.2, 0) is 6.61 Å². The molecule has 0 unspecified atom stereocenters. The van der Waals surface area contributed by atoms with E-state index in [1.54, 1.807) is 6.07 Å². The Hall–Kier alpha value is -2.03. The van der Waals surface area contributed by atoms with Crippen LogP contribution in [0.25, 0.3) is 0 Å². The molecule has 80 valence electrons. The highest BCUT2D eigenvalue weighted by Gasteiger charge is 2.13. The second-order valence-electron chi connectivity index (χ2n) is 3.71. The van der Waals surface area contributed by atoms with Gasteiger partial charge in [0.15, 0.2) is 0 Å². The van der Waals surface area contributed by atoms with Crippen molar-refractivity contribution >= 4 is 11.4 Å². The standard InChI is InChI=1S/C13H10FNO/c14-10-5-6-13-12(7-10)15-11-4-2-1-3-9(11)8-16-13/h1-7,15H,8H2. The molecular weight excluding hydrogens is 205 g/mol. The Morgan fingerprint density at radius 2 is 1.94 bits per heavy atom. The minimum atomic E-state index is -0.269. The lowest BCUT2D eigenvalue weighted by molar-refractivity contribution is 0.310. The average Bonchev–Trinajstić information content (AvgIpc) is 2.47. The predicted octanol–water partition coefficient (Wildman–Crippen LogP) is 3.46. The SMILES string of the molecule is Fc1ccc2c(c1)Nc1ccccc1CO2. The van der Waals surface area contributed by atoms with Crippen molar-refractivity contribution in [3.8, 4) is 5.75 Å². The number of anilines is 2. The minimum absolute atomic E-state index is 0.269. The van der Waals surface area contributed by atoms with E-state index >= 15 is 0 Å². The molecule has 2 nitrogen and oxygen atoms in total. The number of para-hydroxylation sites is 1. The number of hydrogen-bond donors (Lipinski definition) is 1. The Kier molecular flexibility index (Phi) is 2.03. The van der Waals surface area contributed by atoms with Gasteiger partial charge in [-0.2, -0.15) is 0 Å². The smallest absolute Gasteiger partial charge is 0.143 e. The quantitative estimate of drug-likeness (QED) is 0.726. The summed E-state index contributed by atoms with van der Waals surface area (Å²) >= 11 is 0. The monoisotopic (exact) mass is 215 g/mol. The summed E-state index contributed by atoms with van der Waals surface area (Å²) in [5, 5.41) is 3.18. The van der Waals surface area contributed by atoms with Gasteiger partial charge in [-0.25, -0.2) is 4.39 Å². The number of fused-ring (bicyclic) bond motifs is 2. The van der Waals surface area contributed by atoms with Crippen molar-refractivity contribution in [2.45, 2.75) is 6.61 Å². The fourth-order valence-electron chi connectivity index (χ4n) is 1.79. The third-order valence-electron chi connectivity index (χ3n) is 2.61. The molecule has 3 rings (SSSR count). The van der Waals surface area contributed by atoms with E-state index < -0.39 is 0 Å². The summed E-state index contributed by atoms with van der Waals surface area (Å²) in [5.41, 5.74) is 2.70. The number of rotatable bonds is 0. The van der Waals surface area contributed by atoms with Crippen LogP contribution in [0, 0.1) is 5.82 Å². The van der Waals surface area contributed by atoms with Gasteiger partial charge in [0.05, 0.1) is 5.69 Å². The van der Waals surface area contributed by atoms with Crippen LogP contribution in [0.3, 0.4) is 0 Å². The zero-order chi connectivity index (χ0) is 11.0. The van der Waals surface area contributed by atoms with Gasteiger partial charge in [0, 0.05) is 17.3 Å². The van der Waals surface area contributed by atoms with E-state index in [4.69, 9.17) is 4.74 Å². The topological polar surface area (TPSA) is 21.3 Å². The van der Waals surface area contributed by atoms with Crippen LogP contribution < -0.4 is 10.1 Å². The lowest BCUT2D eigenvalue weighted by atomic mass is 10.2. The van der Waals surface area contributed by atoms with Crippen LogP contribution in [0.2, 0.25) is 0 Å². The van der Waals surface area contributed by atoms with Crippen LogP contribution >= 0.6 is 0 Å². The predicted molar refractivity (Wildman–Crippen MR) is 60.5 cm³/mol. The second kappa shape index (κ2) is 3.52. The van der Waals surface area contributed by atoms with Crippen LogP contribution in [0.5, 0.6) is 5.75 Å². The van der Waals surface area contributed by atoms with Gasteiger partial charge in [-0.3, -0.25) is 0 Å². The first-order valence-corrected chi connectivity index (χ1v) is 5.10. The zero-order valence-corrected chi connectivity index (χ0v) is 8.53. The van der Waals surface area contributed by atoms with Crippen LogP contribution in [-0.4, -0.2) is 0 Å². The lowest BCUT2D eigenvalue weighted by Gasteiger charge is -2.07. The van der Waals surface area contributed by atoms with E-state index in [1.807, 2.05) is 24.3 Å². The van der Waals surface area contributed by atoms with E-state index in [9.17, 15) is 4.39 Å². The number of nitrogens with one attached hydrogen (secondary N) is 1. The molecule has 0 bridgehead atoms. The summed E-state index contributed by atoms with van der Waals surface area (Å²) in [6.45, 7) is 0.502. The number of hydrogen-bond acceptors (Lipinski definition) is 2. The van der Waals surface area contributed by atoms with Crippen LogP contribution in [0.15, 0.2) is 42.5 Å². The molecule has 2 aromatic carbocycles. The molecule has 1 heterocycles. The van der Waals surface area contributed by atoms with E-state index in [-0.39, 0.29) is 5.82 Å². The molecule has 1 N–H and O–H groups in total. The molecular formula is C13H10FNO. The van der Waals surface area contributed by atoms with Gasteiger partial charge in [0.2, 0.25) is 0 Å². The number of benzene rings is 2. The molecule has 0 saturated heterocycles. The minimum Gasteiger partial charge on any atom is -0.487 e. The Labute approximate surface area is 92.7 Å². The van der Waals surface area contributed by atoms with Gasteiger partial charge in [0.25, 0.3) is 0 Å². The van der Waals surface area contributed by atoms with E-state index in [1.165, 1.54) is 12.1 Å². The van der Waals surface area contributed by atoms with Gasteiger partial charge in [0.1, 0.15) is 18.2 Å². The molecule has 0 saturated carbocycles. The van der Waals surface area contributed by atoms with Crippen molar-refractivity contribution in [2.24, 2.45) is 0 Å². The van der Waals surface area contributed by atoms with Gasteiger partial charge >= 0.3 is 0 Å². The molecule has 3 heteroatoms. The fourth-order valence-corrected chi connectivity index (χ4v) is 1.79. The Balaban J connectivity index is 2.10. The summed E-state index contributed by atoms with van der Waals surface area (Å²) in [4.78, 5) is 0. The highest BCUT2D eigenvalue weighted by atomic mass is 19.1. The maximum atomic E-state index is 13.1. The lowest BCUT2D eigenvalue weighted by Crippen LogP contribution is -1.93. The van der Waals surface area contributed by atoms with Crippen molar-refractivity contribution in [1.29, 1.82) is 0 Å². The number of ether oxygens (including phenoxy) is 1. The Morgan fingerprint density at radius 1 is 1.06 bits per heavy atom. The first kappa shape index (κ1) is 9.21. The molecule has 1 aliphatic rings. The largest absolute Gasteiger partial charge is 0.487 e. The molecule has 0 spiro atoms.